The molecule has 0 N–H and O–H groups in total. The Kier molecular flexibility index (Phi) is 9.74. The molecule has 0 spiro atoms. The molecule has 0 atom stereocenters. The van der Waals surface area contributed by atoms with E-state index in [4.69, 9.17) is 14.2 Å². The molecule has 4 aromatic rings. The van der Waals surface area contributed by atoms with Gasteiger partial charge in [-0.3, -0.25) is 0 Å². The van der Waals surface area contributed by atoms with Crippen LogP contribution in [0.3, 0.4) is 0 Å². The van der Waals surface area contributed by atoms with E-state index in [1.54, 1.807) is 14.2 Å². The van der Waals surface area contributed by atoms with Crippen molar-refractivity contribution in [3.05, 3.63) is 144 Å². The van der Waals surface area contributed by atoms with Gasteiger partial charge >= 0.3 is 0 Å². The normalized spacial score (nSPS) is 11.8. The first-order chi connectivity index (χ1) is 18.3. The lowest BCUT2D eigenvalue weighted by Crippen LogP contribution is -1.97. The Morgan fingerprint density at radius 1 is 0.486 bits per heavy atom. The van der Waals surface area contributed by atoms with Crippen LogP contribution in [0.2, 0.25) is 0 Å². The van der Waals surface area contributed by atoms with Gasteiger partial charge in [0.05, 0.1) is 27.4 Å². The molecule has 3 heteroatoms. The Hall–Kier alpha value is -4.08. The van der Waals surface area contributed by atoms with Crippen LogP contribution in [0.15, 0.2) is 121 Å². The van der Waals surface area contributed by atoms with Crippen molar-refractivity contribution in [2.45, 2.75) is 12.8 Å². The molecule has 0 aliphatic heterocycles. The maximum atomic E-state index is 6.02. The fourth-order valence-electron chi connectivity index (χ4n) is 4.26. The summed E-state index contributed by atoms with van der Waals surface area (Å²) in [6, 6.07) is 37.4. The minimum Gasteiger partial charge on any atom is -0.497 e. The molecule has 0 saturated carbocycles. The second-order valence-corrected chi connectivity index (χ2v) is 8.61. The van der Waals surface area contributed by atoms with E-state index in [0.717, 1.165) is 24.3 Å². The summed E-state index contributed by atoms with van der Waals surface area (Å²) in [5, 5.41) is 0. The van der Waals surface area contributed by atoms with E-state index in [9.17, 15) is 0 Å². The molecular formula is C34H34O3. The molecule has 0 bridgehead atoms. The fraction of sp³-hybridized carbons (Fsp3) is 0.176. The van der Waals surface area contributed by atoms with Gasteiger partial charge in [0, 0.05) is 0 Å². The van der Waals surface area contributed by atoms with Crippen molar-refractivity contribution in [2.24, 2.45) is 0 Å². The highest BCUT2D eigenvalue weighted by molar-refractivity contribution is 5.80. The zero-order chi connectivity index (χ0) is 25.7. The summed E-state index contributed by atoms with van der Waals surface area (Å²) in [7, 11) is 3.38. The van der Waals surface area contributed by atoms with E-state index in [1.807, 2.05) is 36.4 Å². The van der Waals surface area contributed by atoms with Crippen LogP contribution >= 0.6 is 0 Å². The summed E-state index contributed by atoms with van der Waals surface area (Å²) in [5.41, 5.74) is 7.14. The average Bonchev–Trinajstić information content (AvgIpc) is 2.97. The van der Waals surface area contributed by atoms with Gasteiger partial charge in [-0.2, -0.15) is 0 Å². The summed E-state index contributed by atoms with van der Waals surface area (Å²) in [6.45, 7) is 1.34. The van der Waals surface area contributed by atoms with Crippen LogP contribution in [0.5, 0.6) is 11.5 Å². The molecule has 4 aromatic carbocycles. The third kappa shape index (κ3) is 7.45. The standard InChI is InChI=1S/C34H34O3/c1-35-31-21-17-29(18-22-31)33(27-11-5-3-6-12-27)15-9-25-37-26-10-16-34(28-13-7-4-8-14-28)30-19-23-32(36-2)24-20-30/h3-8,11-24H,9-10,25-26H2,1-2H3. The molecule has 0 aromatic heterocycles. The highest BCUT2D eigenvalue weighted by Gasteiger charge is 2.06. The zero-order valence-corrected chi connectivity index (χ0v) is 21.6. The van der Waals surface area contributed by atoms with Crippen LogP contribution in [-0.2, 0) is 4.74 Å². The molecule has 0 aliphatic carbocycles. The van der Waals surface area contributed by atoms with E-state index in [0.29, 0.717) is 13.2 Å². The summed E-state index contributed by atoms with van der Waals surface area (Å²) in [5.74, 6) is 1.72. The summed E-state index contributed by atoms with van der Waals surface area (Å²) >= 11 is 0. The van der Waals surface area contributed by atoms with Crippen molar-refractivity contribution in [1.82, 2.24) is 0 Å². The second kappa shape index (κ2) is 13.9. The van der Waals surface area contributed by atoms with E-state index < -0.39 is 0 Å². The Labute approximate surface area is 220 Å². The first kappa shape index (κ1) is 26.0. The molecule has 188 valence electrons. The monoisotopic (exact) mass is 490 g/mol. The molecule has 4 rings (SSSR count). The molecule has 3 nitrogen and oxygen atoms in total. The summed E-state index contributed by atoms with van der Waals surface area (Å²) in [6.07, 6.45) is 6.20. The summed E-state index contributed by atoms with van der Waals surface area (Å²) < 4.78 is 16.7. The molecular weight excluding hydrogens is 456 g/mol. The lowest BCUT2D eigenvalue weighted by molar-refractivity contribution is 0.143. The predicted octanol–water partition coefficient (Wildman–Crippen LogP) is 8.06. The van der Waals surface area contributed by atoms with Crippen LogP contribution in [0.25, 0.3) is 11.1 Å². The maximum Gasteiger partial charge on any atom is 0.118 e. The van der Waals surface area contributed by atoms with Crippen molar-refractivity contribution in [2.75, 3.05) is 27.4 Å². The van der Waals surface area contributed by atoms with Crippen LogP contribution in [0.1, 0.15) is 35.1 Å². The molecule has 0 unspecified atom stereocenters. The lowest BCUT2D eigenvalue weighted by Gasteiger charge is -2.11. The Morgan fingerprint density at radius 2 is 0.838 bits per heavy atom. The van der Waals surface area contributed by atoms with Gasteiger partial charge in [0.25, 0.3) is 0 Å². The van der Waals surface area contributed by atoms with Crippen molar-refractivity contribution >= 4 is 11.1 Å². The SMILES string of the molecule is COc1ccc(C(=CCCOCCC=C(c2ccccc2)c2ccc(OC)cc2)c2ccccc2)cc1. The maximum absolute atomic E-state index is 6.02. The third-order valence-corrected chi connectivity index (χ3v) is 6.19. The summed E-state index contributed by atoms with van der Waals surface area (Å²) in [4.78, 5) is 0. The highest BCUT2D eigenvalue weighted by Crippen LogP contribution is 2.27. The van der Waals surface area contributed by atoms with Crippen LogP contribution in [0.4, 0.5) is 0 Å². The quantitative estimate of drug-likeness (QED) is 0.188. The van der Waals surface area contributed by atoms with Crippen LogP contribution in [0, 0.1) is 0 Å². The fourth-order valence-corrected chi connectivity index (χ4v) is 4.26. The second-order valence-electron chi connectivity index (χ2n) is 8.61. The van der Waals surface area contributed by atoms with Gasteiger partial charge in [-0.15, -0.1) is 0 Å². The van der Waals surface area contributed by atoms with E-state index in [1.165, 1.54) is 33.4 Å². The third-order valence-electron chi connectivity index (χ3n) is 6.19. The molecule has 0 radical (unpaired) electrons. The number of hydrogen-bond acceptors (Lipinski definition) is 3. The molecule has 0 saturated heterocycles. The van der Waals surface area contributed by atoms with Crippen molar-refractivity contribution in [3.63, 3.8) is 0 Å². The topological polar surface area (TPSA) is 27.7 Å². The zero-order valence-electron chi connectivity index (χ0n) is 21.6. The smallest absolute Gasteiger partial charge is 0.118 e. The number of hydrogen-bond donors (Lipinski definition) is 0. The molecule has 37 heavy (non-hydrogen) atoms. The van der Waals surface area contributed by atoms with E-state index in [-0.39, 0.29) is 0 Å². The van der Waals surface area contributed by atoms with Gasteiger partial charge in [-0.05, 0) is 70.5 Å². The molecule has 0 heterocycles. The van der Waals surface area contributed by atoms with Crippen LogP contribution < -0.4 is 9.47 Å². The van der Waals surface area contributed by atoms with Crippen molar-refractivity contribution in [3.8, 4) is 11.5 Å². The molecule has 0 amide bonds. The average molecular weight is 491 g/mol. The highest BCUT2D eigenvalue weighted by atomic mass is 16.5. The lowest BCUT2D eigenvalue weighted by atomic mass is 9.97. The van der Waals surface area contributed by atoms with Gasteiger partial charge in [0.2, 0.25) is 0 Å². The number of ether oxygens (including phenoxy) is 3. The van der Waals surface area contributed by atoms with Gasteiger partial charge < -0.3 is 14.2 Å². The first-order valence-electron chi connectivity index (χ1n) is 12.7. The predicted molar refractivity (Wildman–Crippen MR) is 153 cm³/mol. The van der Waals surface area contributed by atoms with Crippen molar-refractivity contribution < 1.29 is 14.2 Å². The Morgan fingerprint density at radius 3 is 1.19 bits per heavy atom. The minimum atomic E-state index is 0.670. The van der Waals surface area contributed by atoms with Crippen molar-refractivity contribution in [1.29, 1.82) is 0 Å². The molecule has 0 aliphatic rings. The van der Waals surface area contributed by atoms with Gasteiger partial charge in [0.1, 0.15) is 11.5 Å². The number of methoxy groups -OCH3 is 2. The number of benzene rings is 4. The first-order valence-corrected chi connectivity index (χ1v) is 12.7. The van der Waals surface area contributed by atoms with Crippen LogP contribution in [-0.4, -0.2) is 27.4 Å². The van der Waals surface area contributed by atoms with Gasteiger partial charge in [-0.25, -0.2) is 0 Å². The van der Waals surface area contributed by atoms with E-state index >= 15 is 0 Å². The van der Waals surface area contributed by atoms with E-state index in [2.05, 4.69) is 84.9 Å². The Balaban J connectivity index is 1.38. The largest absolute Gasteiger partial charge is 0.497 e. The van der Waals surface area contributed by atoms with Gasteiger partial charge in [-0.1, -0.05) is 97.1 Å². The minimum absolute atomic E-state index is 0.670. The Bertz CT molecular complexity index is 1170. The number of rotatable bonds is 12. The molecule has 0 fully saturated rings. The van der Waals surface area contributed by atoms with Gasteiger partial charge in [0.15, 0.2) is 0 Å².